The summed E-state index contributed by atoms with van der Waals surface area (Å²) in [7, 11) is 0. The van der Waals surface area contributed by atoms with Gasteiger partial charge in [0.15, 0.2) is 17.5 Å². The predicted octanol–water partition coefficient (Wildman–Crippen LogP) is 14.7. The number of hydrogen-bond acceptors (Lipinski definition) is 4. The molecule has 0 atom stereocenters. The second-order valence-electron chi connectivity index (χ2n) is 15.8. The number of pyridine rings is 1. The van der Waals surface area contributed by atoms with E-state index in [1.54, 1.807) is 0 Å². The van der Waals surface area contributed by atoms with E-state index in [2.05, 4.69) is 217 Å². The van der Waals surface area contributed by atoms with Gasteiger partial charge in [-0.05, 0) is 63.4 Å². The maximum absolute atomic E-state index is 5.49. The number of para-hydroxylation sites is 3. The van der Waals surface area contributed by atoms with Gasteiger partial charge in [0, 0.05) is 44.1 Å². The summed E-state index contributed by atoms with van der Waals surface area (Å²) in [5, 5.41) is 5.48. The predicted molar refractivity (Wildman–Crippen MR) is 260 cm³/mol. The monoisotopic (exact) mass is 803 g/mol. The Kier molecular flexibility index (Phi) is 8.75. The molecule has 0 saturated carbocycles. The number of rotatable bonds is 7. The normalized spacial score (nSPS) is 11.5. The Bertz CT molecular complexity index is 3540. The summed E-state index contributed by atoms with van der Waals surface area (Å²) < 4.78 is 2.39. The van der Waals surface area contributed by atoms with Gasteiger partial charge in [-0.1, -0.05) is 194 Å². The first-order valence-electron chi connectivity index (χ1n) is 21.2. The van der Waals surface area contributed by atoms with Gasteiger partial charge in [0.05, 0.1) is 22.2 Å². The quantitative estimate of drug-likeness (QED) is 0.161. The molecule has 9 aromatic carbocycles. The van der Waals surface area contributed by atoms with E-state index in [1.807, 2.05) is 12.1 Å². The average Bonchev–Trinajstić information content (AvgIpc) is 3.72. The van der Waals surface area contributed by atoms with Gasteiger partial charge in [0.25, 0.3) is 0 Å². The molecule has 0 aliphatic rings. The Morgan fingerprint density at radius 2 is 0.714 bits per heavy atom. The molecule has 0 radical (unpaired) electrons. The summed E-state index contributed by atoms with van der Waals surface area (Å²) in [5.41, 5.74) is 13.6. The van der Waals surface area contributed by atoms with Crippen LogP contribution < -0.4 is 0 Å². The Labute approximate surface area is 364 Å². The van der Waals surface area contributed by atoms with Crippen molar-refractivity contribution in [2.24, 2.45) is 0 Å². The SMILES string of the molecule is c1ccc(-c2ccc(-c3nc(-c4ccc(-c5ccccc5)cc4)nc(-c4ccc(-c5nc6ccccc6c6c5c5ccccc5n6-c5ccccc5)c5ccccc45)n3)cc2)cc1. The zero-order valence-corrected chi connectivity index (χ0v) is 34.1. The molecular formula is C58H37N5. The van der Waals surface area contributed by atoms with Crippen LogP contribution in [0.5, 0.6) is 0 Å². The molecule has 12 aromatic rings. The molecule has 0 fully saturated rings. The molecule has 12 rings (SSSR count). The summed E-state index contributed by atoms with van der Waals surface area (Å²) in [4.78, 5) is 21.1. The zero-order valence-electron chi connectivity index (χ0n) is 34.1. The second-order valence-corrected chi connectivity index (χ2v) is 15.8. The Balaban J connectivity index is 1.06. The maximum atomic E-state index is 5.49. The van der Waals surface area contributed by atoms with Gasteiger partial charge < -0.3 is 4.57 Å². The summed E-state index contributed by atoms with van der Waals surface area (Å²) in [6.45, 7) is 0. The lowest BCUT2D eigenvalue weighted by molar-refractivity contribution is 1.08. The van der Waals surface area contributed by atoms with Crippen molar-refractivity contribution >= 4 is 43.5 Å². The van der Waals surface area contributed by atoms with Gasteiger partial charge in [-0.25, -0.2) is 19.9 Å². The van der Waals surface area contributed by atoms with E-state index in [9.17, 15) is 0 Å². The zero-order chi connectivity index (χ0) is 41.7. The Morgan fingerprint density at radius 1 is 0.286 bits per heavy atom. The molecule has 3 aromatic heterocycles. The first kappa shape index (κ1) is 36.3. The summed E-state index contributed by atoms with van der Waals surface area (Å²) in [6, 6.07) is 78.5. The van der Waals surface area contributed by atoms with E-state index in [0.717, 1.165) is 99.4 Å². The largest absolute Gasteiger partial charge is 0.308 e. The highest BCUT2D eigenvalue weighted by molar-refractivity contribution is 6.24. The van der Waals surface area contributed by atoms with Gasteiger partial charge in [0.2, 0.25) is 0 Å². The summed E-state index contributed by atoms with van der Waals surface area (Å²) in [5.74, 6) is 1.83. The van der Waals surface area contributed by atoms with Crippen molar-refractivity contribution < 1.29 is 0 Å². The molecular weight excluding hydrogens is 767 g/mol. The van der Waals surface area contributed by atoms with E-state index in [-0.39, 0.29) is 0 Å². The van der Waals surface area contributed by atoms with Crippen LogP contribution in [0.4, 0.5) is 0 Å². The number of aromatic nitrogens is 5. The van der Waals surface area contributed by atoms with Crippen LogP contribution in [0.15, 0.2) is 224 Å². The molecule has 5 heteroatoms. The summed E-state index contributed by atoms with van der Waals surface area (Å²) in [6.07, 6.45) is 0. The number of fused-ring (bicyclic) bond motifs is 6. The molecule has 0 unspecified atom stereocenters. The molecule has 0 aliphatic carbocycles. The first-order valence-corrected chi connectivity index (χ1v) is 21.2. The van der Waals surface area contributed by atoms with Gasteiger partial charge in [-0.2, -0.15) is 0 Å². The lowest BCUT2D eigenvalue weighted by atomic mass is 9.94. The average molecular weight is 804 g/mol. The molecule has 0 bridgehead atoms. The standard InChI is InChI=1S/C58H37N5/c1-4-16-38(17-5-1)40-28-32-42(33-29-40)56-60-57(43-34-30-41(31-35-43)39-18-6-2-7-19-39)62-58(61-56)48-37-36-47(45-22-10-11-23-46(45)48)54-53-50-25-13-15-27-52(50)63(44-20-8-3-9-21-44)55(53)49-24-12-14-26-51(49)59-54/h1-37H. The molecule has 0 N–H and O–H groups in total. The van der Waals surface area contributed by atoms with E-state index in [1.165, 1.54) is 0 Å². The molecule has 0 saturated heterocycles. The van der Waals surface area contributed by atoms with Crippen molar-refractivity contribution in [2.45, 2.75) is 0 Å². The Morgan fingerprint density at radius 3 is 1.32 bits per heavy atom. The maximum Gasteiger partial charge on any atom is 0.164 e. The van der Waals surface area contributed by atoms with Crippen LogP contribution in [0.2, 0.25) is 0 Å². The molecule has 0 spiro atoms. The minimum absolute atomic E-state index is 0.606. The fourth-order valence-electron chi connectivity index (χ4n) is 9.06. The molecule has 0 amide bonds. The van der Waals surface area contributed by atoms with Gasteiger partial charge in [0.1, 0.15) is 0 Å². The van der Waals surface area contributed by atoms with Crippen LogP contribution in [0, 0.1) is 0 Å². The third-order valence-electron chi connectivity index (χ3n) is 12.1. The van der Waals surface area contributed by atoms with E-state index < -0.39 is 0 Å². The molecule has 3 heterocycles. The number of hydrogen-bond donors (Lipinski definition) is 0. The lowest BCUT2D eigenvalue weighted by Crippen LogP contribution is -2.01. The highest BCUT2D eigenvalue weighted by atomic mass is 15.0. The summed E-state index contributed by atoms with van der Waals surface area (Å²) >= 11 is 0. The van der Waals surface area contributed by atoms with Crippen LogP contribution in [-0.2, 0) is 0 Å². The van der Waals surface area contributed by atoms with Crippen molar-refractivity contribution in [1.29, 1.82) is 0 Å². The first-order chi connectivity index (χ1) is 31.2. The molecule has 0 aliphatic heterocycles. The number of benzene rings is 9. The fraction of sp³-hybridized carbons (Fsp3) is 0. The van der Waals surface area contributed by atoms with Crippen molar-refractivity contribution in [3.63, 3.8) is 0 Å². The minimum Gasteiger partial charge on any atom is -0.308 e. The molecule has 294 valence electrons. The molecule has 63 heavy (non-hydrogen) atoms. The van der Waals surface area contributed by atoms with Gasteiger partial charge in [-0.3, -0.25) is 0 Å². The van der Waals surface area contributed by atoms with Crippen molar-refractivity contribution in [3.05, 3.63) is 224 Å². The van der Waals surface area contributed by atoms with Crippen molar-refractivity contribution in [1.82, 2.24) is 24.5 Å². The van der Waals surface area contributed by atoms with Crippen LogP contribution in [0.25, 0.3) is 117 Å². The highest BCUT2D eigenvalue weighted by Gasteiger charge is 2.23. The molecule has 5 nitrogen and oxygen atoms in total. The van der Waals surface area contributed by atoms with Crippen molar-refractivity contribution in [3.8, 4) is 73.4 Å². The van der Waals surface area contributed by atoms with Gasteiger partial charge in [-0.15, -0.1) is 0 Å². The number of nitrogens with zero attached hydrogens (tertiary/aromatic N) is 5. The Hall–Kier alpha value is -8.54. The minimum atomic E-state index is 0.606. The lowest BCUT2D eigenvalue weighted by Gasteiger charge is -2.15. The van der Waals surface area contributed by atoms with Crippen LogP contribution in [-0.4, -0.2) is 24.5 Å². The van der Waals surface area contributed by atoms with Crippen molar-refractivity contribution in [2.75, 3.05) is 0 Å². The topological polar surface area (TPSA) is 56.5 Å². The van der Waals surface area contributed by atoms with E-state index in [4.69, 9.17) is 19.9 Å². The fourth-order valence-corrected chi connectivity index (χ4v) is 9.06. The van der Waals surface area contributed by atoms with Crippen LogP contribution in [0.3, 0.4) is 0 Å². The van der Waals surface area contributed by atoms with Gasteiger partial charge >= 0.3 is 0 Å². The van der Waals surface area contributed by atoms with Crippen LogP contribution >= 0.6 is 0 Å². The smallest absolute Gasteiger partial charge is 0.164 e. The van der Waals surface area contributed by atoms with E-state index in [0.29, 0.717) is 17.5 Å². The third-order valence-corrected chi connectivity index (χ3v) is 12.1. The van der Waals surface area contributed by atoms with Crippen LogP contribution in [0.1, 0.15) is 0 Å². The second kappa shape index (κ2) is 15.2. The highest BCUT2D eigenvalue weighted by Crippen LogP contribution is 2.44. The third kappa shape index (κ3) is 6.34. The van der Waals surface area contributed by atoms with E-state index >= 15 is 0 Å².